The third-order valence-electron chi connectivity index (χ3n) is 1.79. The highest BCUT2D eigenvalue weighted by molar-refractivity contribution is 5.42. The Morgan fingerprint density at radius 2 is 2.20 bits per heavy atom. The average Bonchev–Trinajstić information content (AvgIpc) is 2.16. The number of methoxy groups -OCH3 is 1. The molecule has 0 saturated carbocycles. The van der Waals surface area contributed by atoms with Crippen LogP contribution in [0.3, 0.4) is 0 Å². The summed E-state index contributed by atoms with van der Waals surface area (Å²) in [5.74, 6) is 1.36. The molecule has 6 heteroatoms. The number of anilines is 2. The SMILES string of the molecule is COc1cc(NCCN(C)C)nc(N)n1. The van der Waals surface area contributed by atoms with Crippen LogP contribution in [0, 0.1) is 0 Å². The highest BCUT2D eigenvalue weighted by Gasteiger charge is 2.01. The standard InChI is InChI=1S/C9H17N5O/c1-14(2)5-4-11-7-6-8(15-3)13-9(10)12-7/h6H,4-5H2,1-3H3,(H3,10,11,12,13). The fourth-order valence-corrected chi connectivity index (χ4v) is 1.05. The molecule has 1 heterocycles. The first kappa shape index (κ1) is 11.5. The number of rotatable bonds is 5. The van der Waals surface area contributed by atoms with Gasteiger partial charge in [0, 0.05) is 19.2 Å². The van der Waals surface area contributed by atoms with Crippen LogP contribution in [0.1, 0.15) is 0 Å². The summed E-state index contributed by atoms with van der Waals surface area (Å²) in [4.78, 5) is 10.0. The van der Waals surface area contributed by atoms with Crippen LogP contribution in [-0.4, -0.2) is 49.2 Å². The van der Waals surface area contributed by atoms with Gasteiger partial charge in [0.05, 0.1) is 7.11 Å². The molecule has 0 aliphatic heterocycles. The van der Waals surface area contributed by atoms with Gasteiger partial charge in [-0.1, -0.05) is 0 Å². The normalized spacial score (nSPS) is 10.4. The lowest BCUT2D eigenvalue weighted by molar-refractivity contribution is 0.398. The van der Waals surface area contributed by atoms with Crippen molar-refractivity contribution in [2.24, 2.45) is 0 Å². The van der Waals surface area contributed by atoms with Crippen molar-refractivity contribution in [2.45, 2.75) is 0 Å². The Balaban J connectivity index is 2.56. The number of nitrogens with zero attached hydrogens (tertiary/aromatic N) is 3. The quantitative estimate of drug-likeness (QED) is 0.716. The first-order chi connectivity index (χ1) is 7.11. The van der Waals surface area contributed by atoms with Gasteiger partial charge in [0.2, 0.25) is 11.8 Å². The molecule has 0 aromatic carbocycles. The molecular weight excluding hydrogens is 194 g/mol. The third kappa shape index (κ3) is 3.99. The highest BCUT2D eigenvalue weighted by Crippen LogP contribution is 2.13. The Morgan fingerprint density at radius 1 is 1.47 bits per heavy atom. The van der Waals surface area contributed by atoms with E-state index in [2.05, 4.69) is 20.2 Å². The summed E-state index contributed by atoms with van der Waals surface area (Å²) in [5.41, 5.74) is 5.51. The van der Waals surface area contributed by atoms with Gasteiger partial charge in [-0.2, -0.15) is 9.97 Å². The summed E-state index contributed by atoms with van der Waals surface area (Å²) in [6.07, 6.45) is 0. The zero-order valence-corrected chi connectivity index (χ0v) is 9.32. The smallest absolute Gasteiger partial charge is 0.225 e. The largest absolute Gasteiger partial charge is 0.481 e. The summed E-state index contributed by atoms with van der Waals surface area (Å²) in [5, 5.41) is 3.14. The molecule has 0 saturated heterocycles. The molecule has 15 heavy (non-hydrogen) atoms. The molecule has 3 N–H and O–H groups in total. The molecule has 0 unspecified atom stereocenters. The van der Waals surface area contributed by atoms with Crippen LogP contribution < -0.4 is 15.8 Å². The van der Waals surface area contributed by atoms with Crippen LogP contribution in [0.4, 0.5) is 11.8 Å². The molecule has 1 aromatic heterocycles. The van der Waals surface area contributed by atoms with Gasteiger partial charge in [-0.05, 0) is 14.1 Å². The number of ether oxygens (including phenoxy) is 1. The number of likely N-dealkylation sites (N-methyl/N-ethyl adjacent to an activating group) is 1. The van der Waals surface area contributed by atoms with E-state index in [1.54, 1.807) is 13.2 Å². The third-order valence-corrected chi connectivity index (χ3v) is 1.79. The van der Waals surface area contributed by atoms with E-state index in [4.69, 9.17) is 10.5 Å². The first-order valence-corrected chi connectivity index (χ1v) is 4.69. The van der Waals surface area contributed by atoms with Crippen molar-refractivity contribution in [3.63, 3.8) is 0 Å². The Hall–Kier alpha value is -1.56. The number of hydrogen-bond donors (Lipinski definition) is 2. The van der Waals surface area contributed by atoms with Gasteiger partial charge in [-0.3, -0.25) is 0 Å². The lowest BCUT2D eigenvalue weighted by atomic mass is 10.5. The van der Waals surface area contributed by atoms with Gasteiger partial charge in [-0.25, -0.2) is 0 Å². The van der Waals surface area contributed by atoms with Gasteiger partial charge in [-0.15, -0.1) is 0 Å². The maximum Gasteiger partial charge on any atom is 0.225 e. The molecule has 84 valence electrons. The fourth-order valence-electron chi connectivity index (χ4n) is 1.05. The van der Waals surface area contributed by atoms with E-state index in [-0.39, 0.29) is 5.95 Å². The van der Waals surface area contributed by atoms with Crippen LogP contribution in [0.2, 0.25) is 0 Å². The molecule has 0 spiro atoms. The van der Waals surface area contributed by atoms with Crippen LogP contribution in [0.5, 0.6) is 5.88 Å². The van der Waals surface area contributed by atoms with Crippen LogP contribution >= 0.6 is 0 Å². The number of nitrogens with two attached hydrogens (primary N) is 1. The summed E-state index contributed by atoms with van der Waals surface area (Å²) < 4.78 is 4.98. The fraction of sp³-hybridized carbons (Fsp3) is 0.556. The predicted molar refractivity (Wildman–Crippen MR) is 60.0 cm³/mol. The van der Waals surface area contributed by atoms with E-state index in [1.165, 1.54) is 0 Å². The molecule has 0 bridgehead atoms. The minimum atomic E-state index is 0.210. The lowest BCUT2D eigenvalue weighted by Crippen LogP contribution is -2.21. The second-order valence-electron chi connectivity index (χ2n) is 3.38. The molecule has 0 amide bonds. The van der Waals surface area contributed by atoms with Crippen molar-refractivity contribution >= 4 is 11.8 Å². The monoisotopic (exact) mass is 211 g/mol. The van der Waals surface area contributed by atoms with E-state index in [9.17, 15) is 0 Å². The van der Waals surface area contributed by atoms with E-state index in [1.807, 2.05) is 14.1 Å². The van der Waals surface area contributed by atoms with E-state index in [0.717, 1.165) is 13.1 Å². The minimum Gasteiger partial charge on any atom is -0.481 e. The molecular formula is C9H17N5O. The summed E-state index contributed by atoms with van der Waals surface area (Å²) in [7, 11) is 5.57. The first-order valence-electron chi connectivity index (χ1n) is 4.69. The maximum atomic E-state index is 5.51. The minimum absolute atomic E-state index is 0.210. The molecule has 0 aliphatic rings. The summed E-state index contributed by atoms with van der Waals surface area (Å²) >= 11 is 0. The topological polar surface area (TPSA) is 76.3 Å². The second kappa shape index (κ2) is 5.35. The molecule has 0 atom stereocenters. The molecule has 0 radical (unpaired) electrons. The zero-order chi connectivity index (χ0) is 11.3. The number of aromatic nitrogens is 2. The Kier molecular flexibility index (Phi) is 4.11. The van der Waals surface area contributed by atoms with E-state index in [0.29, 0.717) is 11.7 Å². The number of hydrogen-bond acceptors (Lipinski definition) is 6. The Bertz CT molecular complexity index is 315. The van der Waals surface area contributed by atoms with Crippen LogP contribution in [0.15, 0.2) is 6.07 Å². The second-order valence-corrected chi connectivity index (χ2v) is 3.38. The van der Waals surface area contributed by atoms with Crippen molar-refractivity contribution in [1.82, 2.24) is 14.9 Å². The maximum absolute atomic E-state index is 5.51. The van der Waals surface area contributed by atoms with Gasteiger partial charge in [0.15, 0.2) is 0 Å². The van der Waals surface area contributed by atoms with Gasteiger partial charge >= 0.3 is 0 Å². The van der Waals surface area contributed by atoms with Crippen molar-refractivity contribution in [3.05, 3.63) is 6.07 Å². The summed E-state index contributed by atoms with van der Waals surface area (Å²) in [6, 6.07) is 1.71. The van der Waals surface area contributed by atoms with E-state index >= 15 is 0 Å². The Morgan fingerprint density at radius 3 is 2.80 bits per heavy atom. The molecule has 0 aliphatic carbocycles. The van der Waals surface area contributed by atoms with Crippen molar-refractivity contribution in [3.8, 4) is 5.88 Å². The van der Waals surface area contributed by atoms with Crippen molar-refractivity contribution in [1.29, 1.82) is 0 Å². The average molecular weight is 211 g/mol. The van der Waals surface area contributed by atoms with Gasteiger partial charge in [0.1, 0.15) is 5.82 Å². The van der Waals surface area contributed by atoms with E-state index < -0.39 is 0 Å². The van der Waals surface area contributed by atoms with Crippen molar-refractivity contribution < 1.29 is 4.74 Å². The van der Waals surface area contributed by atoms with Crippen LogP contribution in [-0.2, 0) is 0 Å². The number of nitrogens with one attached hydrogen (secondary N) is 1. The molecule has 0 fully saturated rings. The zero-order valence-electron chi connectivity index (χ0n) is 9.32. The predicted octanol–water partition coefficient (Wildman–Crippen LogP) is 0.0409. The van der Waals surface area contributed by atoms with Gasteiger partial charge < -0.3 is 20.7 Å². The van der Waals surface area contributed by atoms with Gasteiger partial charge in [0.25, 0.3) is 0 Å². The van der Waals surface area contributed by atoms with Crippen LogP contribution in [0.25, 0.3) is 0 Å². The van der Waals surface area contributed by atoms with Crippen molar-refractivity contribution in [2.75, 3.05) is 45.3 Å². The Labute approximate surface area is 89.5 Å². The molecule has 1 aromatic rings. The number of nitrogen functional groups attached to an aromatic ring is 1. The summed E-state index contributed by atoms with van der Waals surface area (Å²) in [6.45, 7) is 1.72. The molecule has 6 nitrogen and oxygen atoms in total. The lowest BCUT2D eigenvalue weighted by Gasteiger charge is -2.11. The highest BCUT2D eigenvalue weighted by atomic mass is 16.5. The molecule has 1 rings (SSSR count).